The van der Waals surface area contributed by atoms with Crippen molar-refractivity contribution in [3.05, 3.63) is 71.6 Å². The molecule has 0 radical (unpaired) electrons. The Morgan fingerprint density at radius 2 is 1.81 bits per heavy atom. The standard InChI is InChI=1S/C25H25N5O3S.CH5N/c1-17-8-11-20(15-29(17)34(32)18(2)14-26)30-25(27)23(16-31)24(28-30)19-9-12-22(13-10-19)33-21-6-4-3-5-7-21;1-2/h3-7,9-10,12-13,16-17,20H,2,8,11,15,27H2,1H3;2H2,1H3. The summed E-state index contributed by atoms with van der Waals surface area (Å²) < 4.78 is 21.9. The highest BCUT2D eigenvalue weighted by Gasteiger charge is 2.33. The Morgan fingerprint density at radius 1 is 1.17 bits per heavy atom. The minimum Gasteiger partial charge on any atom is -0.457 e. The van der Waals surface area contributed by atoms with Crippen molar-refractivity contribution in [2.24, 2.45) is 5.73 Å². The van der Waals surface area contributed by atoms with Crippen LogP contribution in [0.2, 0.25) is 0 Å². The van der Waals surface area contributed by atoms with Gasteiger partial charge in [0, 0.05) is 18.2 Å². The molecule has 0 saturated carbocycles. The molecule has 3 unspecified atom stereocenters. The summed E-state index contributed by atoms with van der Waals surface area (Å²) in [5, 5.41) is 13.8. The van der Waals surface area contributed by atoms with E-state index in [2.05, 4.69) is 17.4 Å². The van der Waals surface area contributed by atoms with E-state index < -0.39 is 11.0 Å². The molecular weight excluding hydrogens is 476 g/mol. The number of piperidine rings is 1. The van der Waals surface area contributed by atoms with Crippen molar-refractivity contribution in [1.29, 1.82) is 5.26 Å². The molecule has 3 atom stereocenters. The first-order valence-corrected chi connectivity index (χ1v) is 12.5. The number of para-hydroxylation sites is 1. The first-order chi connectivity index (χ1) is 17.4. The average molecular weight is 507 g/mol. The lowest BCUT2D eigenvalue weighted by Crippen LogP contribution is -2.44. The summed E-state index contributed by atoms with van der Waals surface area (Å²) in [6.45, 7) is 5.94. The minimum absolute atomic E-state index is 0.00742. The van der Waals surface area contributed by atoms with Crippen molar-refractivity contribution in [3.63, 3.8) is 0 Å². The van der Waals surface area contributed by atoms with Crippen LogP contribution in [0.25, 0.3) is 11.3 Å². The predicted molar refractivity (Wildman–Crippen MR) is 141 cm³/mol. The third kappa shape index (κ3) is 5.71. The molecule has 0 bridgehead atoms. The molecule has 2 aromatic carbocycles. The fourth-order valence-corrected chi connectivity index (χ4v) is 5.14. The van der Waals surface area contributed by atoms with Crippen molar-refractivity contribution in [3.8, 4) is 28.8 Å². The second-order valence-electron chi connectivity index (χ2n) is 8.11. The van der Waals surface area contributed by atoms with Gasteiger partial charge in [-0.15, -0.1) is 0 Å². The van der Waals surface area contributed by atoms with Gasteiger partial charge < -0.3 is 16.2 Å². The smallest absolute Gasteiger partial charge is 0.156 e. The second-order valence-corrected chi connectivity index (χ2v) is 9.57. The van der Waals surface area contributed by atoms with Gasteiger partial charge in [0.25, 0.3) is 0 Å². The number of aldehydes is 1. The molecule has 3 aromatic rings. The Labute approximate surface area is 213 Å². The lowest BCUT2D eigenvalue weighted by molar-refractivity contribution is 0.112. The zero-order chi connectivity index (χ0) is 26.2. The number of nitrogen functional groups attached to an aromatic ring is 1. The summed E-state index contributed by atoms with van der Waals surface area (Å²) in [7, 11) is -0.126. The highest BCUT2D eigenvalue weighted by atomic mass is 32.2. The van der Waals surface area contributed by atoms with E-state index in [4.69, 9.17) is 15.7 Å². The largest absolute Gasteiger partial charge is 0.457 e. The van der Waals surface area contributed by atoms with Crippen LogP contribution < -0.4 is 16.2 Å². The van der Waals surface area contributed by atoms with Gasteiger partial charge in [-0.05, 0) is 63.2 Å². The molecule has 0 spiro atoms. The van der Waals surface area contributed by atoms with E-state index in [-0.39, 0.29) is 22.8 Å². The number of anilines is 1. The van der Waals surface area contributed by atoms with Gasteiger partial charge in [0.2, 0.25) is 0 Å². The quantitative estimate of drug-likeness (QED) is 0.364. The number of hydrogen-bond acceptors (Lipinski definition) is 7. The van der Waals surface area contributed by atoms with Crippen molar-refractivity contribution in [1.82, 2.24) is 14.1 Å². The van der Waals surface area contributed by atoms with Gasteiger partial charge in [-0.1, -0.05) is 24.8 Å². The second kappa shape index (κ2) is 12.3. The zero-order valence-electron chi connectivity index (χ0n) is 20.3. The third-order valence-corrected chi connectivity index (χ3v) is 7.35. The number of allylic oxidation sites excluding steroid dienone is 1. The van der Waals surface area contributed by atoms with Gasteiger partial charge in [-0.3, -0.25) is 4.79 Å². The molecule has 188 valence electrons. The summed E-state index contributed by atoms with van der Waals surface area (Å²) in [4.78, 5) is 11.9. The average Bonchev–Trinajstić information content (AvgIpc) is 3.26. The first-order valence-electron chi connectivity index (χ1n) is 11.4. The molecule has 4 rings (SSSR count). The van der Waals surface area contributed by atoms with Crippen molar-refractivity contribution in [2.45, 2.75) is 31.8 Å². The van der Waals surface area contributed by atoms with Crippen molar-refractivity contribution in [2.75, 3.05) is 19.3 Å². The van der Waals surface area contributed by atoms with E-state index in [9.17, 15) is 9.00 Å². The monoisotopic (exact) mass is 506 g/mol. The van der Waals surface area contributed by atoms with Crippen LogP contribution in [0.3, 0.4) is 0 Å². The minimum atomic E-state index is -1.63. The Hall–Kier alpha value is -3.78. The van der Waals surface area contributed by atoms with Gasteiger partial charge in [0.05, 0.1) is 11.6 Å². The molecule has 1 saturated heterocycles. The molecule has 1 aliphatic heterocycles. The number of hydrogen-bond donors (Lipinski definition) is 2. The fraction of sp³-hybridized carbons (Fsp3) is 0.269. The molecule has 2 heterocycles. The van der Waals surface area contributed by atoms with Gasteiger partial charge in [-0.25, -0.2) is 13.2 Å². The zero-order valence-corrected chi connectivity index (χ0v) is 21.1. The van der Waals surface area contributed by atoms with E-state index in [1.807, 2.05) is 67.6 Å². The van der Waals surface area contributed by atoms with Crippen molar-refractivity contribution < 1.29 is 13.7 Å². The lowest BCUT2D eigenvalue weighted by Gasteiger charge is -2.36. The summed E-state index contributed by atoms with van der Waals surface area (Å²) >= 11 is 0. The van der Waals surface area contributed by atoms with Crippen LogP contribution in [-0.2, 0) is 11.0 Å². The summed E-state index contributed by atoms with van der Waals surface area (Å²) in [6.07, 6.45) is 2.20. The number of aromatic nitrogens is 2. The van der Waals surface area contributed by atoms with E-state index in [1.54, 1.807) is 8.99 Å². The number of nitriles is 1. The first kappa shape index (κ1) is 26.8. The number of ether oxygens (including phenoxy) is 1. The SMILES string of the molecule is C=C(C#N)S(=O)N1CC(n2nc(-c3ccc(Oc4ccccc4)cc3)c(C=O)c2N)CCC1C.CN. The molecule has 0 amide bonds. The van der Waals surface area contributed by atoms with E-state index in [0.717, 1.165) is 24.2 Å². The van der Waals surface area contributed by atoms with Crippen LogP contribution in [0.15, 0.2) is 66.1 Å². The van der Waals surface area contributed by atoms with Crippen LogP contribution in [0.1, 0.15) is 36.2 Å². The van der Waals surface area contributed by atoms with E-state index >= 15 is 0 Å². The molecule has 1 fully saturated rings. The number of nitrogens with two attached hydrogens (primary N) is 2. The highest BCUT2D eigenvalue weighted by Crippen LogP contribution is 2.34. The number of nitrogens with zero attached hydrogens (tertiary/aromatic N) is 4. The number of carbonyl (C=O) groups is 1. The van der Waals surface area contributed by atoms with Crippen molar-refractivity contribution >= 4 is 23.1 Å². The maximum absolute atomic E-state index is 12.7. The van der Waals surface area contributed by atoms with Crippen LogP contribution in [0, 0.1) is 11.3 Å². The summed E-state index contributed by atoms with van der Waals surface area (Å²) in [5.74, 6) is 1.65. The Kier molecular flexibility index (Phi) is 9.13. The van der Waals surface area contributed by atoms with E-state index in [1.165, 1.54) is 7.05 Å². The molecule has 0 aliphatic carbocycles. The van der Waals surface area contributed by atoms with Crippen LogP contribution >= 0.6 is 0 Å². The molecule has 36 heavy (non-hydrogen) atoms. The molecule has 10 heteroatoms. The topological polar surface area (TPSA) is 140 Å². The van der Waals surface area contributed by atoms with Gasteiger partial charge in [0.15, 0.2) is 6.29 Å². The van der Waals surface area contributed by atoms with Gasteiger partial charge in [0.1, 0.15) is 45.0 Å². The lowest BCUT2D eigenvalue weighted by atomic mass is 10.0. The highest BCUT2D eigenvalue weighted by molar-refractivity contribution is 7.87. The molecule has 9 nitrogen and oxygen atoms in total. The van der Waals surface area contributed by atoms with E-state index in [0.29, 0.717) is 29.8 Å². The van der Waals surface area contributed by atoms with Gasteiger partial charge >= 0.3 is 0 Å². The summed E-state index contributed by atoms with van der Waals surface area (Å²) in [5.41, 5.74) is 12.4. The molecule has 1 aromatic heterocycles. The normalized spacial score (nSPS) is 18.3. The molecule has 1 aliphatic rings. The Morgan fingerprint density at radius 3 is 2.42 bits per heavy atom. The number of carbonyl (C=O) groups excluding carboxylic acids is 1. The predicted octanol–water partition coefficient (Wildman–Crippen LogP) is 4.04. The Bertz CT molecular complexity index is 1270. The summed E-state index contributed by atoms with van der Waals surface area (Å²) in [6, 6.07) is 18.4. The third-order valence-electron chi connectivity index (χ3n) is 5.90. The van der Waals surface area contributed by atoms with Crippen LogP contribution in [-0.4, -0.2) is 44.2 Å². The van der Waals surface area contributed by atoms with Gasteiger partial charge in [-0.2, -0.15) is 10.4 Å². The Balaban J connectivity index is 0.00000176. The van der Waals surface area contributed by atoms with Crippen LogP contribution in [0.5, 0.6) is 11.5 Å². The number of benzene rings is 2. The maximum atomic E-state index is 12.7. The molecular formula is C26H30N6O3S. The molecule has 4 N–H and O–H groups in total. The number of rotatable bonds is 7. The fourth-order valence-electron chi connectivity index (χ4n) is 4.04. The maximum Gasteiger partial charge on any atom is 0.156 e. The van der Waals surface area contributed by atoms with Crippen LogP contribution in [0.4, 0.5) is 5.82 Å².